The Morgan fingerprint density at radius 3 is 2.53 bits per heavy atom. The summed E-state index contributed by atoms with van der Waals surface area (Å²) in [7, 11) is 3.26. The number of nitrogens with one attached hydrogen (secondary N) is 1. The molecule has 0 bridgehead atoms. The van der Waals surface area contributed by atoms with Crippen molar-refractivity contribution in [3.05, 3.63) is 29.6 Å². The Morgan fingerprint density at radius 2 is 1.95 bits per heavy atom. The average Bonchev–Trinajstić information content (AvgIpc) is 2.36. The number of carbonyl (C=O) groups is 1. The van der Waals surface area contributed by atoms with E-state index in [9.17, 15) is 18.0 Å². The molecule has 0 aliphatic carbocycles. The van der Waals surface area contributed by atoms with E-state index < -0.39 is 29.0 Å². The van der Waals surface area contributed by atoms with Crippen LogP contribution in [-0.4, -0.2) is 37.4 Å². The third kappa shape index (κ3) is 3.87. The molecular weight excluding hydrogens is 261 g/mol. The van der Waals surface area contributed by atoms with Crippen molar-refractivity contribution in [1.82, 2.24) is 4.90 Å². The summed E-state index contributed by atoms with van der Waals surface area (Å²) in [4.78, 5) is 16.6. The van der Waals surface area contributed by atoms with Crippen LogP contribution in [-0.2, 0) is 4.79 Å². The first-order chi connectivity index (χ1) is 8.82. The maximum atomic E-state index is 13.3. The number of benzene rings is 1. The lowest BCUT2D eigenvalue weighted by Crippen LogP contribution is -2.31. The monoisotopic (exact) mass is 274 g/mol. The second-order valence-corrected chi connectivity index (χ2v) is 3.84. The fourth-order valence-electron chi connectivity index (χ4n) is 1.11. The lowest BCUT2D eigenvalue weighted by atomic mass is 10.3. The Kier molecular flexibility index (Phi) is 4.74. The van der Waals surface area contributed by atoms with E-state index in [1.54, 1.807) is 14.1 Å². The molecule has 8 heteroatoms. The molecule has 0 atom stereocenters. The summed E-state index contributed by atoms with van der Waals surface area (Å²) in [5, 5.41) is 2.07. The van der Waals surface area contributed by atoms with Gasteiger partial charge in [0.15, 0.2) is 23.4 Å². The van der Waals surface area contributed by atoms with Crippen LogP contribution in [0.5, 0.6) is 0 Å². The molecule has 0 aliphatic heterocycles. The van der Waals surface area contributed by atoms with Crippen molar-refractivity contribution in [2.75, 3.05) is 26.0 Å². The van der Waals surface area contributed by atoms with Gasteiger partial charge in [0.2, 0.25) is 5.91 Å². The topological polar surface area (TPSA) is 70.7 Å². The van der Waals surface area contributed by atoms with E-state index >= 15 is 0 Å². The molecule has 104 valence electrons. The first-order valence-electron chi connectivity index (χ1n) is 5.23. The van der Waals surface area contributed by atoms with E-state index in [4.69, 9.17) is 5.73 Å². The minimum atomic E-state index is -1.64. The van der Waals surface area contributed by atoms with Gasteiger partial charge in [0.25, 0.3) is 0 Å². The third-order valence-electron chi connectivity index (χ3n) is 2.15. The van der Waals surface area contributed by atoms with Crippen molar-refractivity contribution in [3.8, 4) is 0 Å². The summed E-state index contributed by atoms with van der Waals surface area (Å²) >= 11 is 0. The highest BCUT2D eigenvalue weighted by Gasteiger charge is 2.14. The average molecular weight is 274 g/mol. The fraction of sp³-hybridized carbons (Fsp3) is 0.273. The van der Waals surface area contributed by atoms with Crippen LogP contribution < -0.4 is 11.1 Å². The molecule has 0 fully saturated rings. The van der Waals surface area contributed by atoms with E-state index in [0.717, 1.165) is 6.07 Å². The van der Waals surface area contributed by atoms with Crippen molar-refractivity contribution < 1.29 is 18.0 Å². The second-order valence-electron chi connectivity index (χ2n) is 3.84. The second kappa shape index (κ2) is 6.07. The highest BCUT2D eigenvalue weighted by molar-refractivity contribution is 5.93. The molecule has 3 N–H and O–H groups in total. The SMILES string of the molecule is CN(C)C(N)=NCC(=O)Nc1ccc(F)c(F)c1F. The summed E-state index contributed by atoms with van der Waals surface area (Å²) in [6.45, 7) is -0.359. The third-order valence-corrected chi connectivity index (χ3v) is 2.15. The van der Waals surface area contributed by atoms with Gasteiger partial charge in [0.1, 0.15) is 6.54 Å². The van der Waals surface area contributed by atoms with Crippen LogP contribution in [0, 0.1) is 17.5 Å². The predicted octanol–water partition coefficient (Wildman–Crippen LogP) is 0.919. The number of hydrogen-bond acceptors (Lipinski definition) is 2. The maximum absolute atomic E-state index is 13.3. The van der Waals surface area contributed by atoms with Crippen molar-refractivity contribution >= 4 is 17.6 Å². The normalized spacial score (nSPS) is 11.3. The van der Waals surface area contributed by atoms with Gasteiger partial charge in [-0.3, -0.25) is 4.79 Å². The molecule has 1 aromatic rings. The number of hydrogen-bond donors (Lipinski definition) is 2. The number of aliphatic imine (C=N–C) groups is 1. The summed E-state index contributed by atoms with van der Waals surface area (Å²) in [5.74, 6) is -5.02. The van der Waals surface area contributed by atoms with E-state index in [1.807, 2.05) is 0 Å². The van der Waals surface area contributed by atoms with Crippen LogP contribution in [0.4, 0.5) is 18.9 Å². The highest BCUT2D eigenvalue weighted by atomic mass is 19.2. The van der Waals surface area contributed by atoms with Gasteiger partial charge in [-0.25, -0.2) is 18.2 Å². The summed E-state index contributed by atoms with van der Waals surface area (Å²) in [6, 6.07) is 1.64. The molecule has 1 aromatic carbocycles. The zero-order valence-electron chi connectivity index (χ0n) is 10.4. The zero-order valence-corrected chi connectivity index (χ0v) is 10.4. The van der Waals surface area contributed by atoms with Gasteiger partial charge >= 0.3 is 0 Å². The van der Waals surface area contributed by atoms with Crippen LogP contribution in [0.25, 0.3) is 0 Å². The molecule has 0 spiro atoms. The minimum Gasteiger partial charge on any atom is -0.370 e. The standard InChI is InChI=1S/C11H13F3N4O/c1-18(2)11(15)16-5-8(19)17-7-4-3-6(12)9(13)10(7)14/h3-4H,5H2,1-2H3,(H2,15,16)(H,17,19). The lowest BCUT2D eigenvalue weighted by molar-refractivity contribution is -0.114. The highest BCUT2D eigenvalue weighted by Crippen LogP contribution is 2.19. The Morgan fingerprint density at radius 1 is 1.32 bits per heavy atom. The van der Waals surface area contributed by atoms with E-state index in [-0.39, 0.29) is 12.5 Å². The van der Waals surface area contributed by atoms with Crippen molar-refractivity contribution in [1.29, 1.82) is 0 Å². The zero-order chi connectivity index (χ0) is 14.6. The van der Waals surface area contributed by atoms with Crippen LogP contribution >= 0.6 is 0 Å². The smallest absolute Gasteiger partial charge is 0.246 e. The molecule has 1 rings (SSSR count). The predicted molar refractivity (Wildman–Crippen MR) is 65.1 cm³/mol. The van der Waals surface area contributed by atoms with Gasteiger partial charge in [-0.15, -0.1) is 0 Å². The molecule has 0 radical (unpaired) electrons. The van der Waals surface area contributed by atoms with Gasteiger partial charge in [0, 0.05) is 14.1 Å². The minimum absolute atomic E-state index is 0.112. The lowest BCUT2D eigenvalue weighted by Gasteiger charge is -2.10. The number of nitrogens with zero attached hydrogens (tertiary/aromatic N) is 2. The molecule has 1 amide bonds. The summed E-state index contributed by atoms with van der Waals surface area (Å²) in [6.07, 6.45) is 0. The van der Waals surface area contributed by atoms with Crippen LogP contribution in [0.15, 0.2) is 17.1 Å². The van der Waals surface area contributed by atoms with Gasteiger partial charge in [-0.05, 0) is 12.1 Å². The maximum Gasteiger partial charge on any atom is 0.246 e. The number of guanidine groups is 1. The van der Waals surface area contributed by atoms with E-state index in [1.165, 1.54) is 4.90 Å². The number of halogens is 3. The van der Waals surface area contributed by atoms with Gasteiger partial charge in [-0.2, -0.15) is 0 Å². The Hall–Kier alpha value is -2.25. The number of amides is 1. The Bertz CT molecular complexity index is 517. The molecule has 0 aromatic heterocycles. The quantitative estimate of drug-likeness (QED) is 0.489. The molecular formula is C11H13F3N4O. The van der Waals surface area contributed by atoms with E-state index in [2.05, 4.69) is 10.3 Å². The van der Waals surface area contributed by atoms with Crippen LogP contribution in [0.1, 0.15) is 0 Å². The van der Waals surface area contributed by atoms with E-state index in [0.29, 0.717) is 6.07 Å². The van der Waals surface area contributed by atoms with Crippen molar-refractivity contribution in [2.45, 2.75) is 0 Å². The molecule has 19 heavy (non-hydrogen) atoms. The number of rotatable bonds is 3. The molecule has 0 aliphatic rings. The Labute approximate surface area is 107 Å². The molecule has 0 unspecified atom stereocenters. The van der Waals surface area contributed by atoms with Crippen LogP contribution in [0.2, 0.25) is 0 Å². The molecule has 0 saturated carbocycles. The molecule has 5 nitrogen and oxygen atoms in total. The van der Waals surface area contributed by atoms with Crippen molar-refractivity contribution in [3.63, 3.8) is 0 Å². The molecule has 0 saturated heterocycles. The fourth-order valence-corrected chi connectivity index (χ4v) is 1.11. The number of carbonyl (C=O) groups excluding carboxylic acids is 1. The molecule has 0 heterocycles. The number of nitrogens with two attached hydrogens (primary N) is 1. The van der Waals surface area contributed by atoms with Gasteiger partial charge in [0.05, 0.1) is 5.69 Å². The summed E-state index contributed by atoms with van der Waals surface area (Å²) < 4.78 is 38.8. The number of anilines is 1. The Balaban J connectivity index is 2.73. The van der Waals surface area contributed by atoms with Gasteiger partial charge < -0.3 is 16.0 Å². The van der Waals surface area contributed by atoms with Gasteiger partial charge in [-0.1, -0.05) is 0 Å². The van der Waals surface area contributed by atoms with Crippen molar-refractivity contribution in [2.24, 2.45) is 10.7 Å². The first kappa shape index (κ1) is 14.8. The summed E-state index contributed by atoms with van der Waals surface area (Å²) in [5.41, 5.74) is 4.99. The van der Waals surface area contributed by atoms with Crippen LogP contribution in [0.3, 0.4) is 0 Å². The largest absolute Gasteiger partial charge is 0.370 e. The first-order valence-corrected chi connectivity index (χ1v) is 5.23.